The van der Waals surface area contributed by atoms with Gasteiger partial charge in [-0.25, -0.2) is 17.2 Å². The molecular formula is C25H26ClF2NO5S. The Morgan fingerprint density at radius 1 is 1.17 bits per heavy atom. The minimum absolute atomic E-state index is 0.0227. The lowest BCUT2D eigenvalue weighted by Crippen LogP contribution is -2.42. The summed E-state index contributed by atoms with van der Waals surface area (Å²) in [6.07, 6.45) is 2.08. The molecule has 10 heteroatoms. The second-order valence-corrected chi connectivity index (χ2v) is 12.7. The van der Waals surface area contributed by atoms with Gasteiger partial charge in [0.1, 0.15) is 0 Å². The number of sulfone groups is 1. The van der Waals surface area contributed by atoms with Crippen LogP contribution in [0.3, 0.4) is 0 Å². The molecule has 6 nitrogen and oxygen atoms in total. The first-order valence-electron chi connectivity index (χ1n) is 11.5. The van der Waals surface area contributed by atoms with Crippen molar-refractivity contribution in [2.45, 2.75) is 61.6 Å². The van der Waals surface area contributed by atoms with Crippen LogP contribution >= 0.6 is 11.6 Å². The molecule has 2 aromatic rings. The Morgan fingerprint density at radius 3 is 2.57 bits per heavy atom. The molecule has 1 heterocycles. The zero-order valence-electron chi connectivity index (χ0n) is 19.5. The van der Waals surface area contributed by atoms with Gasteiger partial charge in [-0.2, -0.15) is 0 Å². The lowest BCUT2D eigenvalue weighted by atomic mass is 9.85. The van der Waals surface area contributed by atoms with E-state index in [1.54, 1.807) is 0 Å². The number of anilines is 1. The summed E-state index contributed by atoms with van der Waals surface area (Å²) in [5.74, 6) is -3.85. The summed E-state index contributed by atoms with van der Waals surface area (Å²) >= 11 is 6.34. The maximum Gasteiger partial charge on any atom is 0.255 e. The number of hydrogen-bond donors (Lipinski definition) is 1. The molecule has 2 aliphatic carbocycles. The molecule has 2 aromatic carbocycles. The van der Waals surface area contributed by atoms with E-state index in [1.807, 2.05) is 13.8 Å². The van der Waals surface area contributed by atoms with Crippen LogP contribution in [0.25, 0.3) is 0 Å². The molecule has 35 heavy (non-hydrogen) atoms. The van der Waals surface area contributed by atoms with Crippen molar-refractivity contribution in [2.75, 3.05) is 11.9 Å². The van der Waals surface area contributed by atoms with Gasteiger partial charge >= 0.3 is 0 Å². The minimum Gasteiger partial charge on any atom is -0.347 e. The third-order valence-corrected chi connectivity index (χ3v) is 10.3. The molecule has 3 aliphatic rings. The summed E-state index contributed by atoms with van der Waals surface area (Å²) in [5, 5.41) is 1.83. The number of hydrogen-bond acceptors (Lipinski definition) is 5. The van der Waals surface area contributed by atoms with E-state index in [0.717, 1.165) is 12.5 Å². The Balaban J connectivity index is 1.44. The lowest BCUT2D eigenvalue weighted by Gasteiger charge is -2.33. The van der Waals surface area contributed by atoms with Crippen LogP contribution in [0.5, 0.6) is 0 Å². The van der Waals surface area contributed by atoms with Gasteiger partial charge in [-0.3, -0.25) is 4.79 Å². The van der Waals surface area contributed by atoms with Crippen molar-refractivity contribution in [3.05, 3.63) is 58.1 Å². The van der Waals surface area contributed by atoms with Crippen molar-refractivity contribution in [3.8, 4) is 0 Å². The normalized spacial score (nSPS) is 29.1. The fourth-order valence-corrected chi connectivity index (χ4v) is 8.96. The zero-order valence-corrected chi connectivity index (χ0v) is 21.1. The number of fused-ring (bicyclic) bond motifs is 3. The average molecular weight is 526 g/mol. The van der Waals surface area contributed by atoms with E-state index in [9.17, 15) is 22.0 Å². The highest BCUT2D eigenvalue weighted by atomic mass is 35.5. The first kappa shape index (κ1) is 24.6. The fraction of sp³-hybridized carbons (Fsp3) is 0.480. The maximum atomic E-state index is 13.9. The molecule has 1 N–H and O–H groups in total. The molecule has 1 spiro atoms. The van der Waals surface area contributed by atoms with Crippen LogP contribution in [0.2, 0.25) is 5.02 Å². The molecule has 2 saturated carbocycles. The van der Waals surface area contributed by atoms with E-state index in [4.69, 9.17) is 21.1 Å². The van der Waals surface area contributed by atoms with Gasteiger partial charge in [0.05, 0.1) is 27.4 Å². The average Bonchev–Trinajstić information content (AvgIpc) is 3.42. The maximum absolute atomic E-state index is 13.9. The molecule has 1 amide bonds. The van der Waals surface area contributed by atoms with E-state index in [2.05, 4.69) is 5.32 Å². The monoisotopic (exact) mass is 525 g/mol. The van der Waals surface area contributed by atoms with Crippen molar-refractivity contribution in [1.29, 1.82) is 0 Å². The lowest BCUT2D eigenvalue weighted by molar-refractivity contribution is -0.171. The largest absolute Gasteiger partial charge is 0.347 e. The molecule has 2 unspecified atom stereocenters. The van der Waals surface area contributed by atoms with Crippen LogP contribution < -0.4 is 5.32 Å². The molecule has 188 valence electrons. The first-order valence-corrected chi connectivity index (χ1v) is 13.4. The number of nitrogens with one attached hydrogen (secondary N) is 1. The Hall–Kier alpha value is -2.07. The predicted octanol–water partition coefficient (Wildman–Crippen LogP) is 5.27. The van der Waals surface area contributed by atoms with E-state index >= 15 is 0 Å². The van der Waals surface area contributed by atoms with Gasteiger partial charge in [0.25, 0.3) is 5.91 Å². The van der Waals surface area contributed by atoms with Crippen molar-refractivity contribution in [3.63, 3.8) is 0 Å². The summed E-state index contributed by atoms with van der Waals surface area (Å²) in [6, 6.07) is 6.18. The van der Waals surface area contributed by atoms with Crippen molar-refractivity contribution >= 4 is 33.0 Å². The van der Waals surface area contributed by atoms with E-state index in [-0.39, 0.29) is 38.6 Å². The van der Waals surface area contributed by atoms with Gasteiger partial charge in [0, 0.05) is 23.2 Å². The van der Waals surface area contributed by atoms with Crippen molar-refractivity contribution in [1.82, 2.24) is 0 Å². The molecule has 2 bridgehead atoms. The summed E-state index contributed by atoms with van der Waals surface area (Å²) in [6.45, 7) is 5.37. The standard InChI is InChI=1S/C25H26ClF2NO5S/c1-13-8-16(10-19(27)21(13)28)29-23(30)14-5-7-18(26)20(9-14)35(31,32)22-15-4-6-17(22)25(11-15)12-33-24(2,3)34-25/h5,7-10,15,17,22H,4,6,11-12H2,1-3H3,(H,29,30)/t15?,17?,22-,25+/m1/s1. The highest BCUT2D eigenvalue weighted by Crippen LogP contribution is 2.59. The summed E-state index contributed by atoms with van der Waals surface area (Å²) in [4.78, 5) is 12.7. The van der Waals surface area contributed by atoms with Gasteiger partial charge in [-0.1, -0.05) is 11.6 Å². The number of halogens is 3. The molecule has 5 rings (SSSR count). The molecule has 3 fully saturated rings. The van der Waals surface area contributed by atoms with Gasteiger partial charge in [0.2, 0.25) is 0 Å². The van der Waals surface area contributed by atoms with Crippen LogP contribution in [-0.4, -0.2) is 37.6 Å². The van der Waals surface area contributed by atoms with Crippen LogP contribution in [0.15, 0.2) is 35.2 Å². The number of aryl methyl sites for hydroxylation is 1. The number of carbonyl (C=O) groups excluding carboxylic acids is 1. The molecular weight excluding hydrogens is 500 g/mol. The quantitative estimate of drug-likeness (QED) is 0.588. The number of amides is 1. The van der Waals surface area contributed by atoms with Crippen LogP contribution in [0.1, 0.15) is 49.0 Å². The zero-order chi connectivity index (χ0) is 25.3. The highest BCUT2D eigenvalue weighted by Gasteiger charge is 2.66. The van der Waals surface area contributed by atoms with Crippen molar-refractivity contribution in [2.24, 2.45) is 11.8 Å². The SMILES string of the molecule is Cc1cc(NC(=O)c2ccc(Cl)c(S(=O)(=O)[C@@H]3C4CCC3[C@@]3(COC(C)(C)O3)C4)c2)cc(F)c1F. The predicted molar refractivity (Wildman–Crippen MR) is 126 cm³/mol. The van der Waals surface area contributed by atoms with Gasteiger partial charge in [-0.05, 0) is 75.8 Å². The molecule has 0 radical (unpaired) electrons. The number of rotatable bonds is 4. The van der Waals surface area contributed by atoms with E-state index in [1.165, 1.54) is 31.2 Å². The smallest absolute Gasteiger partial charge is 0.255 e. The second kappa shape index (κ2) is 8.23. The first-order chi connectivity index (χ1) is 16.3. The minimum atomic E-state index is -3.91. The highest BCUT2D eigenvalue weighted by molar-refractivity contribution is 7.92. The third-order valence-electron chi connectivity index (χ3n) is 7.43. The summed E-state index contributed by atoms with van der Waals surface area (Å²) < 4.78 is 67.1. The fourth-order valence-electron chi connectivity index (χ4n) is 6.04. The molecule has 1 saturated heterocycles. The van der Waals surface area contributed by atoms with Gasteiger partial charge in [-0.15, -0.1) is 0 Å². The topological polar surface area (TPSA) is 81.7 Å². The summed E-state index contributed by atoms with van der Waals surface area (Å²) in [5.41, 5.74) is -0.512. The Labute approximate surface area is 207 Å². The van der Waals surface area contributed by atoms with Crippen LogP contribution in [-0.2, 0) is 19.3 Å². The molecule has 4 atom stereocenters. The van der Waals surface area contributed by atoms with Crippen LogP contribution in [0, 0.1) is 30.4 Å². The third kappa shape index (κ3) is 4.06. The van der Waals surface area contributed by atoms with E-state index in [0.29, 0.717) is 19.4 Å². The van der Waals surface area contributed by atoms with Crippen molar-refractivity contribution < 1.29 is 31.5 Å². The Kier molecular flexibility index (Phi) is 5.79. The van der Waals surface area contributed by atoms with Gasteiger partial charge < -0.3 is 14.8 Å². The van der Waals surface area contributed by atoms with Gasteiger partial charge in [0.15, 0.2) is 27.3 Å². The number of ether oxygens (including phenoxy) is 2. The number of benzene rings is 2. The molecule has 1 aliphatic heterocycles. The molecule has 0 aromatic heterocycles. The Morgan fingerprint density at radius 2 is 1.91 bits per heavy atom. The summed E-state index contributed by atoms with van der Waals surface area (Å²) in [7, 11) is -3.91. The second-order valence-electron chi connectivity index (χ2n) is 10.2. The van der Waals surface area contributed by atoms with E-state index < -0.39 is 44.0 Å². The number of carbonyl (C=O) groups is 1. The van der Waals surface area contributed by atoms with Crippen LogP contribution in [0.4, 0.5) is 14.5 Å². The Bertz CT molecular complexity index is 1310.